The third kappa shape index (κ3) is 2.44. The Hall–Kier alpha value is -2.49. The zero-order valence-corrected chi connectivity index (χ0v) is 12.2. The van der Waals surface area contributed by atoms with Crippen molar-refractivity contribution in [3.05, 3.63) is 59.8 Å². The van der Waals surface area contributed by atoms with Crippen molar-refractivity contribution in [1.82, 2.24) is 14.5 Å². The molecule has 0 spiro atoms. The van der Waals surface area contributed by atoms with E-state index in [1.54, 1.807) is 6.20 Å². The zero-order chi connectivity index (χ0) is 14.8. The lowest BCUT2D eigenvalue weighted by Gasteiger charge is -2.08. The van der Waals surface area contributed by atoms with Crippen LogP contribution in [0.15, 0.2) is 42.7 Å². The van der Waals surface area contributed by atoms with E-state index in [0.717, 1.165) is 29.6 Å². The number of hydrogen-bond donors (Lipinski definition) is 0. The molecule has 0 saturated carbocycles. The van der Waals surface area contributed by atoms with Crippen molar-refractivity contribution < 1.29 is 4.79 Å². The van der Waals surface area contributed by atoms with Gasteiger partial charge >= 0.3 is 0 Å². The molecule has 0 aliphatic carbocycles. The topological polar surface area (TPSA) is 47.8 Å². The average molecular weight is 279 g/mol. The van der Waals surface area contributed by atoms with Crippen LogP contribution in [0, 0.1) is 6.92 Å². The highest BCUT2D eigenvalue weighted by Gasteiger charge is 2.18. The monoisotopic (exact) mass is 279 g/mol. The van der Waals surface area contributed by atoms with Gasteiger partial charge in [0, 0.05) is 35.6 Å². The molecule has 1 aromatic carbocycles. The van der Waals surface area contributed by atoms with Gasteiger partial charge in [0.1, 0.15) is 0 Å². The summed E-state index contributed by atoms with van der Waals surface area (Å²) in [6, 6.07) is 9.56. The van der Waals surface area contributed by atoms with Gasteiger partial charge in [-0.15, -0.1) is 0 Å². The highest BCUT2D eigenvalue weighted by molar-refractivity contribution is 6.14. The van der Waals surface area contributed by atoms with Crippen LogP contribution in [0.1, 0.15) is 35.2 Å². The first-order chi connectivity index (χ1) is 10.2. The largest absolute Gasteiger partial charge is 0.328 e. The first kappa shape index (κ1) is 13.5. The number of benzene rings is 1. The molecular weight excluding hydrogens is 262 g/mol. The maximum atomic E-state index is 12.9. The Morgan fingerprint density at radius 3 is 2.90 bits per heavy atom. The number of aryl methyl sites for hydroxylation is 2. The Bertz CT molecular complexity index is 805. The van der Waals surface area contributed by atoms with Gasteiger partial charge in [-0.2, -0.15) is 0 Å². The van der Waals surface area contributed by atoms with Gasteiger partial charge in [-0.25, -0.2) is 4.98 Å². The molecule has 0 bridgehead atoms. The third-order valence-corrected chi connectivity index (χ3v) is 3.47. The van der Waals surface area contributed by atoms with E-state index in [1.165, 1.54) is 0 Å². The molecule has 3 aromatic rings. The van der Waals surface area contributed by atoms with Crippen molar-refractivity contribution in [3.63, 3.8) is 0 Å². The number of fused-ring (bicyclic) bond motifs is 1. The molecule has 0 aliphatic rings. The van der Waals surface area contributed by atoms with Crippen LogP contribution in [0.2, 0.25) is 0 Å². The van der Waals surface area contributed by atoms with Crippen LogP contribution >= 0.6 is 0 Å². The lowest BCUT2D eigenvalue weighted by molar-refractivity contribution is 0.102. The van der Waals surface area contributed by atoms with Crippen LogP contribution in [0.3, 0.4) is 0 Å². The van der Waals surface area contributed by atoms with Gasteiger partial charge < -0.3 is 4.57 Å². The number of carbonyl (C=O) groups excluding carboxylic acids is 1. The number of para-hydroxylation sites is 1. The smallest absolute Gasteiger partial charge is 0.229 e. The Morgan fingerprint density at radius 2 is 2.10 bits per heavy atom. The summed E-state index contributed by atoms with van der Waals surface area (Å²) in [5.41, 5.74) is 2.35. The molecule has 2 heterocycles. The van der Waals surface area contributed by atoms with Crippen LogP contribution in [0.5, 0.6) is 0 Å². The van der Waals surface area contributed by atoms with Gasteiger partial charge in [-0.3, -0.25) is 9.78 Å². The molecule has 106 valence electrons. The number of hydrogen-bond acceptors (Lipinski definition) is 3. The highest BCUT2D eigenvalue weighted by Crippen LogP contribution is 2.21. The number of imidazole rings is 1. The zero-order valence-electron chi connectivity index (χ0n) is 12.2. The van der Waals surface area contributed by atoms with Crippen LogP contribution in [0.25, 0.3) is 10.9 Å². The molecule has 0 amide bonds. The minimum atomic E-state index is -0.0462. The summed E-state index contributed by atoms with van der Waals surface area (Å²) in [7, 11) is 0. The van der Waals surface area contributed by atoms with E-state index in [-0.39, 0.29) is 5.78 Å². The Kier molecular flexibility index (Phi) is 3.52. The normalized spacial score (nSPS) is 11.0. The fraction of sp³-hybridized carbons (Fsp3) is 0.235. The highest BCUT2D eigenvalue weighted by atomic mass is 16.1. The number of nitrogens with zero attached hydrogens (tertiary/aromatic N) is 3. The summed E-state index contributed by atoms with van der Waals surface area (Å²) in [5.74, 6) is 0.447. The predicted molar refractivity (Wildman–Crippen MR) is 82.4 cm³/mol. The maximum absolute atomic E-state index is 12.9. The molecule has 0 radical (unpaired) electrons. The van der Waals surface area contributed by atoms with E-state index >= 15 is 0 Å². The molecule has 4 nitrogen and oxygen atoms in total. The number of aromatic nitrogens is 3. The van der Waals surface area contributed by atoms with Crippen LogP contribution in [-0.4, -0.2) is 20.3 Å². The molecule has 0 saturated heterocycles. The lowest BCUT2D eigenvalue weighted by atomic mass is 10.0. The summed E-state index contributed by atoms with van der Waals surface area (Å²) in [6.45, 7) is 4.78. The summed E-state index contributed by atoms with van der Waals surface area (Å²) in [4.78, 5) is 21.6. The second-order valence-corrected chi connectivity index (χ2v) is 5.10. The second-order valence-electron chi connectivity index (χ2n) is 5.10. The fourth-order valence-corrected chi connectivity index (χ4v) is 2.56. The van der Waals surface area contributed by atoms with Crippen molar-refractivity contribution in [2.24, 2.45) is 0 Å². The Balaban J connectivity index is 2.15. The summed E-state index contributed by atoms with van der Waals surface area (Å²) in [5, 5.41) is 0.874. The quantitative estimate of drug-likeness (QED) is 0.688. The van der Waals surface area contributed by atoms with Crippen LogP contribution in [-0.2, 0) is 6.54 Å². The van der Waals surface area contributed by atoms with Gasteiger partial charge in [-0.1, -0.05) is 25.1 Å². The summed E-state index contributed by atoms with van der Waals surface area (Å²) >= 11 is 0. The lowest BCUT2D eigenvalue weighted by Crippen LogP contribution is -2.12. The third-order valence-electron chi connectivity index (χ3n) is 3.47. The molecule has 0 aliphatic heterocycles. The van der Waals surface area contributed by atoms with Crippen molar-refractivity contribution >= 4 is 16.7 Å². The van der Waals surface area contributed by atoms with Gasteiger partial charge in [0.25, 0.3) is 0 Å². The van der Waals surface area contributed by atoms with Crippen molar-refractivity contribution in [2.75, 3.05) is 0 Å². The van der Waals surface area contributed by atoms with Crippen LogP contribution in [0.4, 0.5) is 0 Å². The molecule has 0 N–H and O–H groups in total. The van der Waals surface area contributed by atoms with E-state index in [2.05, 4.69) is 16.9 Å². The number of rotatable bonds is 4. The molecule has 4 heteroatoms. The minimum Gasteiger partial charge on any atom is -0.328 e. The SMILES string of the molecule is CCCn1ccnc1C(=O)c1cc(C)nc2ccccc12. The fourth-order valence-electron chi connectivity index (χ4n) is 2.56. The maximum Gasteiger partial charge on any atom is 0.229 e. The van der Waals surface area contributed by atoms with Gasteiger partial charge in [0.05, 0.1) is 5.52 Å². The van der Waals surface area contributed by atoms with Crippen LogP contribution < -0.4 is 0 Å². The molecule has 0 fully saturated rings. The molecular formula is C17H17N3O. The van der Waals surface area contributed by atoms with E-state index in [1.807, 2.05) is 48.0 Å². The summed E-state index contributed by atoms with van der Waals surface area (Å²) < 4.78 is 1.91. The molecule has 3 rings (SSSR count). The van der Waals surface area contributed by atoms with Crippen molar-refractivity contribution in [1.29, 1.82) is 0 Å². The first-order valence-electron chi connectivity index (χ1n) is 7.13. The van der Waals surface area contributed by atoms with E-state index in [4.69, 9.17) is 0 Å². The second kappa shape index (κ2) is 5.48. The van der Waals surface area contributed by atoms with Gasteiger partial charge in [0.15, 0.2) is 5.82 Å². The number of ketones is 1. The molecule has 0 atom stereocenters. The standard InChI is InChI=1S/C17H17N3O/c1-3-9-20-10-8-18-17(20)16(21)14-11-12(2)19-15-7-5-4-6-13(14)15/h4-8,10-11H,3,9H2,1-2H3. The molecule has 2 aromatic heterocycles. The number of carbonyl (C=O) groups is 1. The van der Waals surface area contributed by atoms with Crippen molar-refractivity contribution in [2.45, 2.75) is 26.8 Å². The van der Waals surface area contributed by atoms with E-state index < -0.39 is 0 Å². The summed E-state index contributed by atoms with van der Waals surface area (Å²) in [6.07, 6.45) is 4.50. The average Bonchev–Trinajstić information content (AvgIpc) is 2.94. The first-order valence-corrected chi connectivity index (χ1v) is 7.13. The van der Waals surface area contributed by atoms with Gasteiger partial charge in [0.2, 0.25) is 5.78 Å². The molecule has 21 heavy (non-hydrogen) atoms. The number of pyridine rings is 1. The van der Waals surface area contributed by atoms with Gasteiger partial charge in [-0.05, 0) is 25.5 Å². The van der Waals surface area contributed by atoms with E-state index in [0.29, 0.717) is 11.4 Å². The predicted octanol–water partition coefficient (Wildman–Crippen LogP) is 3.38. The van der Waals surface area contributed by atoms with E-state index in [9.17, 15) is 4.79 Å². The minimum absolute atomic E-state index is 0.0462. The Morgan fingerprint density at radius 1 is 1.29 bits per heavy atom. The Labute approximate surface area is 123 Å². The molecule has 0 unspecified atom stereocenters. The van der Waals surface area contributed by atoms with Crippen molar-refractivity contribution in [3.8, 4) is 0 Å².